The van der Waals surface area contributed by atoms with E-state index in [0.29, 0.717) is 29.7 Å². The molecule has 1 saturated heterocycles. The Labute approximate surface area is 152 Å². The maximum absolute atomic E-state index is 13.0. The van der Waals surface area contributed by atoms with Gasteiger partial charge in [0.25, 0.3) is 5.91 Å². The van der Waals surface area contributed by atoms with Crippen LogP contribution in [0.3, 0.4) is 0 Å². The first-order valence-corrected chi connectivity index (χ1v) is 8.79. The molecule has 0 radical (unpaired) electrons. The third-order valence-electron chi connectivity index (χ3n) is 5.21. The van der Waals surface area contributed by atoms with Crippen LogP contribution in [0.4, 0.5) is 0 Å². The van der Waals surface area contributed by atoms with Gasteiger partial charge in [0, 0.05) is 37.3 Å². The van der Waals surface area contributed by atoms with Crippen LogP contribution in [0.15, 0.2) is 42.5 Å². The Hall–Kier alpha value is -2.95. The number of amides is 2. The number of fused-ring (bicyclic) bond motifs is 3. The predicted octanol–water partition coefficient (Wildman–Crippen LogP) is 2.59. The highest BCUT2D eigenvalue weighted by atomic mass is 16.2. The quantitative estimate of drug-likeness (QED) is 0.715. The minimum absolute atomic E-state index is 0.0485. The number of likely N-dealkylation sites (tertiary alicyclic amines) is 1. The maximum atomic E-state index is 13.0. The number of likely N-dealkylation sites (N-methyl/N-ethyl adjacent to an activating group) is 1. The van der Waals surface area contributed by atoms with Crippen molar-refractivity contribution in [3.05, 3.63) is 59.2 Å². The second-order valence-corrected chi connectivity index (χ2v) is 7.02. The second kappa shape index (κ2) is 6.09. The van der Waals surface area contributed by atoms with Crippen molar-refractivity contribution in [2.24, 2.45) is 0 Å². The third kappa shape index (κ3) is 2.43. The molecule has 1 aliphatic heterocycles. The number of carbonyl (C=O) groups excluding carboxylic acids is 3. The fourth-order valence-corrected chi connectivity index (χ4v) is 3.89. The van der Waals surface area contributed by atoms with E-state index in [-0.39, 0.29) is 17.6 Å². The smallest absolute Gasteiger partial charge is 0.254 e. The van der Waals surface area contributed by atoms with Gasteiger partial charge in [0.1, 0.15) is 6.04 Å². The van der Waals surface area contributed by atoms with E-state index in [4.69, 9.17) is 0 Å². The Kier molecular flexibility index (Phi) is 3.87. The molecule has 0 bridgehead atoms. The van der Waals surface area contributed by atoms with Crippen LogP contribution in [-0.4, -0.2) is 54.1 Å². The molecule has 0 aromatic heterocycles. The average Bonchev–Trinajstić information content (AvgIpc) is 3.24. The summed E-state index contributed by atoms with van der Waals surface area (Å²) >= 11 is 0. The number of nitrogens with zero attached hydrogens (tertiary/aromatic N) is 2. The van der Waals surface area contributed by atoms with Gasteiger partial charge in [-0.1, -0.05) is 30.3 Å². The van der Waals surface area contributed by atoms with Gasteiger partial charge in [0.15, 0.2) is 5.78 Å². The van der Waals surface area contributed by atoms with Crippen molar-refractivity contribution in [1.82, 2.24) is 9.80 Å². The van der Waals surface area contributed by atoms with Gasteiger partial charge in [0.2, 0.25) is 5.91 Å². The number of hydrogen-bond acceptors (Lipinski definition) is 3. The SMILES string of the molecule is CN(C)C(=O)C1CCCN1C(=O)c1ccc2c(c1)C(=O)c1ccccc1-2. The Morgan fingerprint density at radius 2 is 1.69 bits per heavy atom. The van der Waals surface area contributed by atoms with Crippen molar-refractivity contribution < 1.29 is 14.4 Å². The van der Waals surface area contributed by atoms with E-state index >= 15 is 0 Å². The molecule has 2 amide bonds. The second-order valence-electron chi connectivity index (χ2n) is 7.02. The van der Waals surface area contributed by atoms with Gasteiger partial charge < -0.3 is 9.80 Å². The summed E-state index contributed by atoms with van der Waals surface area (Å²) in [4.78, 5) is 41.2. The number of rotatable bonds is 2. The highest BCUT2D eigenvalue weighted by molar-refractivity contribution is 6.22. The molecule has 1 fully saturated rings. The van der Waals surface area contributed by atoms with E-state index < -0.39 is 6.04 Å². The molecule has 2 aromatic carbocycles. The number of benzene rings is 2. The zero-order valence-electron chi connectivity index (χ0n) is 14.9. The lowest BCUT2D eigenvalue weighted by atomic mass is 10.0. The highest BCUT2D eigenvalue weighted by Crippen LogP contribution is 2.37. The van der Waals surface area contributed by atoms with Crippen LogP contribution in [0.25, 0.3) is 11.1 Å². The van der Waals surface area contributed by atoms with Crippen molar-refractivity contribution in [3.8, 4) is 11.1 Å². The van der Waals surface area contributed by atoms with Crippen LogP contribution in [0.1, 0.15) is 39.1 Å². The van der Waals surface area contributed by atoms with E-state index in [1.165, 1.54) is 4.90 Å². The monoisotopic (exact) mass is 348 g/mol. The zero-order chi connectivity index (χ0) is 18.4. The van der Waals surface area contributed by atoms with Crippen LogP contribution in [0.2, 0.25) is 0 Å². The van der Waals surface area contributed by atoms with E-state index in [1.54, 1.807) is 31.1 Å². The molecule has 1 heterocycles. The number of ketones is 1. The average molecular weight is 348 g/mol. The van der Waals surface area contributed by atoms with E-state index in [2.05, 4.69) is 0 Å². The van der Waals surface area contributed by atoms with Crippen molar-refractivity contribution in [2.75, 3.05) is 20.6 Å². The van der Waals surface area contributed by atoms with Gasteiger partial charge in [-0.05, 0) is 36.1 Å². The first kappa shape index (κ1) is 16.5. The molecule has 0 N–H and O–H groups in total. The summed E-state index contributed by atoms with van der Waals surface area (Å²) in [5, 5.41) is 0. The Bertz CT molecular complexity index is 933. The zero-order valence-corrected chi connectivity index (χ0v) is 14.9. The van der Waals surface area contributed by atoms with Crippen molar-refractivity contribution >= 4 is 17.6 Å². The Morgan fingerprint density at radius 3 is 2.42 bits per heavy atom. The first-order valence-electron chi connectivity index (χ1n) is 8.79. The van der Waals surface area contributed by atoms with Crippen molar-refractivity contribution in [2.45, 2.75) is 18.9 Å². The number of hydrogen-bond donors (Lipinski definition) is 0. The minimum atomic E-state index is -0.418. The molecule has 2 aliphatic rings. The molecule has 5 nitrogen and oxygen atoms in total. The lowest BCUT2D eigenvalue weighted by Gasteiger charge is -2.26. The van der Waals surface area contributed by atoms with Gasteiger partial charge in [-0.15, -0.1) is 0 Å². The molecule has 4 rings (SSSR count). The molecule has 26 heavy (non-hydrogen) atoms. The summed E-state index contributed by atoms with van der Waals surface area (Å²) in [6, 6.07) is 12.3. The summed E-state index contributed by atoms with van der Waals surface area (Å²) < 4.78 is 0. The standard InChI is InChI=1S/C21H20N2O3/c1-22(2)21(26)18-8-5-11-23(18)20(25)13-9-10-15-14-6-3-4-7-16(14)19(24)17(15)12-13/h3-4,6-7,9-10,12,18H,5,8,11H2,1-2H3. The summed E-state index contributed by atoms with van der Waals surface area (Å²) in [5.74, 6) is -0.290. The van der Waals surface area contributed by atoms with Crippen molar-refractivity contribution in [1.29, 1.82) is 0 Å². The molecular formula is C21H20N2O3. The Morgan fingerprint density at radius 1 is 1.00 bits per heavy atom. The maximum Gasteiger partial charge on any atom is 0.254 e. The molecule has 0 saturated carbocycles. The Balaban J connectivity index is 1.67. The van der Waals surface area contributed by atoms with Crippen LogP contribution in [-0.2, 0) is 4.79 Å². The third-order valence-corrected chi connectivity index (χ3v) is 5.21. The molecule has 132 valence electrons. The molecule has 5 heteroatoms. The summed E-state index contributed by atoms with van der Waals surface area (Å²) in [5.41, 5.74) is 3.47. The van der Waals surface area contributed by atoms with Gasteiger partial charge in [0.05, 0.1) is 0 Å². The van der Waals surface area contributed by atoms with Gasteiger partial charge in [-0.25, -0.2) is 0 Å². The van der Waals surface area contributed by atoms with E-state index in [0.717, 1.165) is 17.5 Å². The molecule has 1 unspecified atom stereocenters. The molecular weight excluding hydrogens is 328 g/mol. The van der Waals surface area contributed by atoms with Crippen molar-refractivity contribution in [3.63, 3.8) is 0 Å². The highest BCUT2D eigenvalue weighted by Gasteiger charge is 2.36. The first-order chi connectivity index (χ1) is 12.5. The lowest BCUT2D eigenvalue weighted by molar-refractivity contribution is -0.132. The minimum Gasteiger partial charge on any atom is -0.347 e. The van der Waals surface area contributed by atoms with Crippen LogP contribution in [0.5, 0.6) is 0 Å². The summed E-state index contributed by atoms with van der Waals surface area (Å²) in [7, 11) is 3.41. The topological polar surface area (TPSA) is 57.7 Å². The number of carbonyl (C=O) groups is 3. The van der Waals surface area contributed by atoms with Gasteiger partial charge in [-0.3, -0.25) is 14.4 Å². The molecule has 2 aromatic rings. The fraction of sp³-hybridized carbons (Fsp3) is 0.286. The van der Waals surface area contributed by atoms with Gasteiger partial charge in [-0.2, -0.15) is 0 Å². The summed E-state index contributed by atoms with van der Waals surface area (Å²) in [6.07, 6.45) is 1.49. The van der Waals surface area contributed by atoms with E-state index in [9.17, 15) is 14.4 Å². The van der Waals surface area contributed by atoms with Crippen LogP contribution in [0, 0.1) is 0 Å². The van der Waals surface area contributed by atoms with Gasteiger partial charge >= 0.3 is 0 Å². The fourth-order valence-electron chi connectivity index (χ4n) is 3.89. The van der Waals surface area contributed by atoms with Crippen LogP contribution < -0.4 is 0 Å². The molecule has 1 aliphatic carbocycles. The normalized spacial score (nSPS) is 17.8. The molecule has 0 spiro atoms. The van der Waals surface area contributed by atoms with E-state index in [1.807, 2.05) is 30.3 Å². The van der Waals surface area contributed by atoms with Crippen LogP contribution >= 0.6 is 0 Å². The largest absolute Gasteiger partial charge is 0.347 e. The summed E-state index contributed by atoms with van der Waals surface area (Å²) in [6.45, 7) is 0.564. The predicted molar refractivity (Wildman–Crippen MR) is 98.1 cm³/mol. The lowest BCUT2D eigenvalue weighted by Crippen LogP contribution is -2.45. The molecule has 1 atom stereocenters.